The fourth-order valence-corrected chi connectivity index (χ4v) is 5.22. The van der Waals surface area contributed by atoms with Crippen molar-refractivity contribution in [1.82, 2.24) is 14.9 Å². The molecule has 2 amide bonds. The molecule has 25 heavy (non-hydrogen) atoms. The molecule has 0 aromatic heterocycles. The van der Waals surface area contributed by atoms with E-state index >= 15 is 0 Å². The number of urea groups is 1. The maximum Gasteiger partial charge on any atom is 0.317 e. The van der Waals surface area contributed by atoms with Crippen molar-refractivity contribution in [1.29, 1.82) is 0 Å². The van der Waals surface area contributed by atoms with Crippen molar-refractivity contribution in [2.45, 2.75) is 57.2 Å². The van der Waals surface area contributed by atoms with Gasteiger partial charge in [0.05, 0.1) is 24.5 Å². The van der Waals surface area contributed by atoms with Gasteiger partial charge in [0.2, 0.25) is 10.0 Å². The third kappa shape index (κ3) is 4.11. The van der Waals surface area contributed by atoms with Gasteiger partial charge in [0, 0.05) is 31.5 Å². The molecule has 8 heteroatoms. The zero-order valence-corrected chi connectivity index (χ0v) is 16.1. The minimum absolute atomic E-state index is 0.0119. The molecule has 2 bridgehead atoms. The van der Waals surface area contributed by atoms with E-state index in [1.165, 1.54) is 19.1 Å². The summed E-state index contributed by atoms with van der Waals surface area (Å²) in [6.45, 7) is 4.58. The smallest absolute Gasteiger partial charge is 0.317 e. The predicted octanol–water partition coefficient (Wildman–Crippen LogP) is 1.30. The summed E-state index contributed by atoms with van der Waals surface area (Å²) in [5.74, 6) is 0.386. The molecular weight excluding hydrogens is 342 g/mol. The molecule has 3 aliphatic rings. The molecule has 144 valence electrons. The van der Waals surface area contributed by atoms with Crippen LogP contribution in [0.5, 0.6) is 0 Å². The first-order valence-electron chi connectivity index (χ1n) is 9.50. The van der Waals surface area contributed by atoms with Crippen LogP contribution in [0, 0.1) is 11.8 Å². The van der Waals surface area contributed by atoms with E-state index in [1.54, 1.807) is 0 Å². The van der Waals surface area contributed by atoms with Crippen LogP contribution in [0.4, 0.5) is 4.79 Å². The second kappa shape index (κ2) is 7.40. The van der Waals surface area contributed by atoms with Crippen molar-refractivity contribution in [3.63, 3.8) is 0 Å². The molecule has 0 unspecified atom stereocenters. The van der Waals surface area contributed by atoms with Gasteiger partial charge < -0.3 is 15.0 Å². The number of nitrogens with zero attached hydrogens (tertiary/aromatic N) is 1. The highest BCUT2D eigenvalue weighted by Gasteiger charge is 2.63. The van der Waals surface area contributed by atoms with E-state index in [0.29, 0.717) is 19.6 Å². The Morgan fingerprint density at radius 1 is 1.32 bits per heavy atom. The van der Waals surface area contributed by atoms with Gasteiger partial charge in [-0.2, -0.15) is 0 Å². The van der Waals surface area contributed by atoms with Gasteiger partial charge in [0.1, 0.15) is 0 Å². The Hall–Kier alpha value is -0.860. The highest BCUT2D eigenvalue weighted by molar-refractivity contribution is 7.88. The third-order valence-corrected chi connectivity index (χ3v) is 6.65. The van der Waals surface area contributed by atoms with Crippen LogP contribution in [0.1, 0.15) is 45.4 Å². The van der Waals surface area contributed by atoms with Gasteiger partial charge >= 0.3 is 6.03 Å². The van der Waals surface area contributed by atoms with Gasteiger partial charge in [-0.25, -0.2) is 17.9 Å². The number of carbonyl (C=O) groups excluding carboxylic acids is 1. The zero-order chi connectivity index (χ0) is 18.1. The number of likely N-dealkylation sites (tertiary alicyclic amines) is 1. The van der Waals surface area contributed by atoms with Gasteiger partial charge in [-0.1, -0.05) is 26.2 Å². The predicted molar refractivity (Wildman–Crippen MR) is 95.8 cm³/mol. The Morgan fingerprint density at radius 3 is 2.84 bits per heavy atom. The number of nitrogens with one attached hydrogen (secondary N) is 2. The second-order valence-electron chi connectivity index (χ2n) is 7.82. The number of ether oxygens (including phenoxy) is 1. The van der Waals surface area contributed by atoms with E-state index in [1.807, 2.05) is 4.90 Å². The summed E-state index contributed by atoms with van der Waals surface area (Å²) in [5.41, 5.74) is -0.256. The SMILES string of the molecule is CCCCCCNC(=O)N1C[C@@H]2[C@H](CNS(C)(=O)=O)[C@H]3CC[C@]2(C1)O3. The molecule has 3 fully saturated rings. The van der Waals surface area contributed by atoms with E-state index in [0.717, 1.165) is 32.2 Å². The Labute approximate surface area is 150 Å². The molecule has 7 nitrogen and oxygen atoms in total. The summed E-state index contributed by atoms with van der Waals surface area (Å²) in [6.07, 6.45) is 7.79. The fraction of sp³-hybridized carbons (Fsp3) is 0.941. The Bertz CT molecular complexity index is 597. The normalized spacial score (nSPS) is 33.7. The molecule has 0 aromatic rings. The van der Waals surface area contributed by atoms with E-state index in [4.69, 9.17) is 4.74 Å². The molecule has 0 saturated carbocycles. The zero-order valence-electron chi connectivity index (χ0n) is 15.3. The van der Waals surface area contributed by atoms with Crippen LogP contribution in [-0.2, 0) is 14.8 Å². The summed E-state index contributed by atoms with van der Waals surface area (Å²) in [7, 11) is -3.21. The quantitative estimate of drug-likeness (QED) is 0.628. The number of unbranched alkanes of at least 4 members (excludes halogenated alkanes) is 3. The van der Waals surface area contributed by atoms with Gasteiger partial charge in [-0.05, 0) is 19.3 Å². The molecular formula is C17H31N3O4S. The summed E-state index contributed by atoms with van der Waals surface area (Å²) in [4.78, 5) is 14.3. The van der Waals surface area contributed by atoms with Crippen LogP contribution >= 0.6 is 0 Å². The standard InChI is InChI=1S/C17H31N3O4S/c1-3-4-5-6-9-18-16(21)20-11-14-13(10-19-25(2,22)23)15-7-8-17(14,12-20)24-15/h13-15,19H,3-12H2,1-2H3,(H,18,21)/t13-,14+,15+,17+/m0/s1. The maximum absolute atomic E-state index is 12.5. The summed E-state index contributed by atoms with van der Waals surface area (Å²) in [6, 6.07) is -0.0119. The number of fused-ring (bicyclic) bond motifs is 1. The van der Waals surface area contributed by atoms with Crippen LogP contribution in [0.25, 0.3) is 0 Å². The number of hydrogen-bond acceptors (Lipinski definition) is 4. The maximum atomic E-state index is 12.5. The highest BCUT2D eigenvalue weighted by atomic mass is 32.2. The minimum Gasteiger partial charge on any atom is -0.369 e. The van der Waals surface area contributed by atoms with Crippen molar-refractivity contribution in [2.24, 2.45) is 11.8 Å². The molecule has 3 aliphatic heterocycles. The molecule has 0 aliphatic carbocycles. The largest absolute Gasteiger partial charge is 0.369 e. The van der Waals surface area contributed by atoms with Gasteiger partial charge in [-0.3, -0.25) is 0 Å². The Morgan fingerprint density at radius 2 is 2.12 bits per heavy atom. The van der Waals surface area contributed by atoms with Crippen molar-refractivity contribution in [3.8, 4) is 0 Å². The number of sulfonamides is 1. The molecule has 3 rings (SSSR count). The number of rotatable bonds is 8. The fourth-order valence-electron chi connectivity index (χ4n) is 4.72. The first kappa shape index (κ1) is 18.9. The first-order chi connectivity index (χ1) is 11.8. The molecule has 0 aromatic carbocycles. The van der Waals surface area contributed by atoms with Crippen molar-refractivity contribution in [2.75, 3.05) is 32.4 Å². The average molecular weight is 374 g/mol. The minimum atomic E-state index is -3.21. The van der Waals surface area contributed by atoms with Gasteiger partial charge in [0.25, 0.3) is 0 Å². The van der Waals surface area contributed by atoms with E-state index in [-0.39, 0.29) is 29.6 Å². The molecule has 3 saturated heterocycles. The highest BCUT2D eigenvalue weighted by Crippen LogP contribution is 2.54. The Kier molecular flexibility index (Phi) is 5.60. The summed E-state index contributed by atoms with van der Waals surface area (Å²) in [5, 5.41) is 3.02. The lowest BCUT2D eigenvalue weighted by atomic mass is 9.74. The van der Waals surface area contributed by atoms with Crippen molar-refractivity contribution >= 4 is 16.1 Å². The molecule has 2 N–H and O–H groups in total. The van der Waals surface area contributed by atoms with Crippen molar-refractivity contribution < 1.29 is 17.9 Å². The monoisotopic (exact) mass is 373 g/mol. The lowest BCUT2D eigenvalue weighted by Gasteiger charge is -2.29. The summed E-state index contributed by atoms with van der Waals surface area (Å²) < 4.78 is 31.7. The van der Waals surface area contributed by atoms with Crippen LogP contribution in [0.2, 0.25) is 0 Å². The number of amides is 2. The first-order valence-corrected chi connectivity index (χ1v) is 11.4. The summed E-state index contributed by atoms with van der Waals surface area (Å²) >= 11 is 0. The second-order valence-corrected chi connectivity index (χ2v) is 9.66. The topological polar surface area (TPSA) is 87.7 Å². The molecule has 3 heterocycles. The van der Waals surface area contributed by atoms with E-state index in [2.05, 4.69) is 17.0 Å². The van der Waals surface area contributed by atoms with E-state index < -0.39 is 10.0 Å². The van der Waals surface area contributed by atoms with Gasteiger partial charge in [-0.15, -0.1) is 0 Å². The lowest BCUT2D eigenvalue weighted by Crippen LogP contribution is -2.41. The van der Waals surface area contributed by atoms with Crippen LogP contribution in [0.3, 0.4) is 0 Å². The van der Waals surface area contributed by atoms with Crippen LogP contribution in [0.15, 0.2) is 0 Å². The molecule has 0 radical (unpaired) electrons. The molecule has 1 spiro atoms. The van der Waals surface area contributed by atoms with Crippen LogP contribution in [-0.4, -0.2) is 63.5 Å². The number of hydrogen-bond donors (Lipinski definition) is 2. The lowest BCUT2D eigenvalue weighted by molar-refractivity contribution is 0.00561. The van der Waals surface area contributed by atoms with Crippen LogP contribution < -0.4 is 10.0 Å². The van der Waals surface area contributed by atoms with E-state index in [9.17, 15) is 13.2 Å². The Balaban J connectivity index is 1.53. The number of carbonyl (C=O) groups is 1. The van der Waals surface area contributed by atoms with Gasteiger partial charge in [0.15, 0.2) is 0 Å². The third-order valence-electron chi connectivity index (χ3n) is 5.96. The molecule has 4 atom stereocenters. The average Bonchev–Trinajstić information content (AvgIpc) is 3.19. The van der Waals surface area contributed by atoms with Crippen molar-refractivity contribution in [3.05, 3.63) is 0 Å².